The molecule has 1 saturated carbocycles. The van der Waals surface area contributed by atoms with Crippen molar-refractivity contribution < 1.29 is 14.6 Å². The van der Waals surface area contributed by atoms with Crippen molar-refractivity contribution in [2.24, 2.45) is 5.92 Å². The molecule has 0 spiro atoms. The maximum absolute atomic E-state index is 13.1. The summed E-state index contributed by atoms with van der Waals surface area (Å²) in [5.41, 5.74) is 1.96. The number of aliphatic hydroxyl groups is 1. The van der Waals surface area contributed by atoms with Gasteiger partial charge in [-0.3, -0.25) is 9.20 Å². The van der Waals surface area contributed by atoms with Gasteiger partial charge in [0.2, 0.25) is 11.7 Å². The largest absolute Gasteiger partial charge is 0.481 e. The summed E-state index contributed by atoms with van der Waals surface area (Å²) in [5.74, 6) is 0.926. The van der Waals surface area contributed by atoms with Crippen molar-refractivity contribution in [2.75, 3.05) is 7.11 Å². The first-order valence-electron chi connectivity index (χ1n) is 8.85. The molecule has 140 valence electrons. The molecule has 1 amide bonds. The van der Waals surface area contributed by atoms with Gasteiger partial charge in [0, 0.05) is 24.7 Å². The number of carbonyl (C=O) groups is 1. The maximum Gasteiger partial charge on any atom is 0.270 e. The van der Waals surface area contributed by atoms with Crippen LogP contribution in [0.2, 0.25) is 0 Å². The van der Waals surface area contributed by atoms with Crippen LogP contribution in [0.25, 0.3) is 5.78 Å². The van der Waals surface area contributed by atoms with E-state index < -0.39 is 0 Å². The molecule has 0 aromatic carbocycles. The van der Waals surface area contributed by atoms with E-state index in [4.69, 9.17) is 4.74 Å². The lowest BCUT2D eigenvalue weighted by molar-refractivity contribution is 0.0234. The monoisotopic (exact) mass is 367 g/mol. The van der Waals surface area contributed by atoms with E-state index >= 15 is 0 Å². The van der Waals surface area contributed by atoms with E-state index in [1.807, 2.05) is 6.07 Å². The zero-order chi connectivity index (χ0) is 19.0. The third-order valence-electron chi connectivity index (χ3n) is 5.03. The molecular weight excluding hydrogens is 346 g/mol. The van der Waals surface area contributed by atoms with E-state index in [9.17, 15) is 9.90 Å². The van der Waals surface area contributed by atoms with Gasteiger partial charge < -0.3 is 15.2 Å². The molecule has 3 aromatic heterocycles. The second-order valence-electron chi connectivity index (χ2n) is 6.81. The lowest BCUT2D eigenvalue weighted by Crippen LogP contribution is -2.41. The first-order chi connectivity index (χ1) is 13.1. The summed E-state index contributed by atoms with van der Waals surface area (Å²) in [6, 6.07) is 5.18. The number of nitrogens with zero attached hydrogens (tertiary/aromatic N) is 4. The maximum atomic E-state index is 13.1. The Bertz CT molecular complexity index is 963. The van der Waals surface area contributed by atoms with Crippen molar-refractivity contribution in [1.82, 2.24) is 24.7 Å². The minimum Gasteiger partial charge on any atom is -0.481 e. The molecular formula is C19H21N5O3. The van der Waals surface area contributed by atoms with E-state index in [2.05, 4.69) is 20.3 Å². The minimum atomic E-state index is -0.317. The summed E-state index contributed by atoms with van der Waals surface area (Å²) in [6.45, 7) is 1.79. The lowest BCUT2D eigenvalue weighted by atomic mass is 9.75. The number of aromatic nitrogens is 4. The van der Waals surface area contributed by atoms with Gasteiger partial charge in [0.05, 0.1) is 24.9 Å². The average Bonchev–Trinajstić information content (AvgIpc) is 2.99. The molecule has 27 heavy (non-hydrogen) atoms. The van der Waals surface area contributed by atoms with Crippen LogP contribution in [-0.4, -0.2) is 43.6 Å². The van der Waals surface area contributed by atoms with Crippen LogP contribution in [0.15, 0.2) is 36.8 Å². The van der Waals surface area contributed by atoms with Crippen LogP contribution in [0.3, 0.4) is 0 Å². The van der Waals surface area contributed by atoms with Crippen molar-refractivity contribution >= 4 is 11.7 Å². The Morgan fingerprint density at radius 1 is 1.37 bits per heavy atom. The third kappa shape index (κ3) is 3.23. The van der Waals surface area contributed by atoms with Gasteiger partial charge in [-0.1, -0.05) is 6.07 Å². The number of aliphatic hydroxyl groups excluding tert-OH is 1. The van der Waals surface area contributed by atoms with E-state index in [1.165, 1.54) is 0 Å². The standard InChI is InChI=1S/C19H21N5O3/c1-11-17(24-7-3-6-20-19(24)22-11)18(26)23-16(13-8-14(25)9-13)12-4-5-15(27-2)21-10-12/h3-7,10,13-14,16,25H,8-9H2,1-2H3,(H,23,26)/t13?,14?,16-/m1/s1. The van der Waals surface area contributed by atoms with Crippen molar-refractivity contribution in [3.63, 3.8) is 0 Å². The fourth-order valence-electron chi connectivity index (χ4n) is 3.55. The second-order valence-corrected chi connectivity index (χ2v) is 6.81. The first kappa shape index (κ1) is 17.4. The molecule has 0 saturated heterocycles. The molecule has 1 aliphatic rings. The van der Waals surface area contributed by atoms with Gasteiger partial charge in [-0.2, -0.15) is 0 Å². The smallest absolute Gasteiger partial charge is 0.270 e. The van der Waals surface area contributed by atoms with Gasteiger partial charge in [0.15, 0.2) is 0 Å². The van der Waals surface area contributed by atoms with Gasteiger partial charge >= 0.3 is 0 Å². The molecule has 3 aromatic rings. The normalized spacial score (nSPS) is 20.1. The number of pyridine rings is 1. The summed E-state index contributed by atoms with van der Waals surface area (Å²) in [7, 11) is 1.56. The van der Waals surface area contributed by atoms with Gasteiger partial charge in [0.25, 0.3) is 5.91 Å². The highest BCUT2D eigenvalue weighted by atomic mass is 16.5. The molecule has 1 atom stereocenters. The number of carbonyl (C=O) groups excluding carboxylic acids is 1. The van der Waals surface area contributed by atoms with Gasteiger partial charge in [-0.05, 0) is 37.3 Å². The van der Waals surface area contributed by atoms with Crippen LogP contribution in [-0.2, 0) is 0 Å². The average molecular weight is 367 g/mol. The zero-order valence-corrected chi connectivity index (χ0v) is 15.2. The number of hydrogen-bond acceptors (Lipinski definition) is 6. The summed E-state index contributed by atoms with van der Waals surface area (Å²) >= 11 is 0. The summed E-state index contributed by atoms with van der Waals surface area (Å²) in [4.78, 5) is 25.9. The fraction of sp³-hybridized carbons (Fsp3) is 0.368. The molecule has 4 rings (SSSR count). The highest BCUT2D eigenvalue weighted by molar-refractivity contribution is 5.94. The van der Waals surface area contributed by atoms with Crippen LogP contribution >= 0.6 is 0 Å². The van der Waals surface area contributed by atoms with E-state index in [1.54, 1.807) is 49.2 Å². The van der Waals surface area contributed by atoms with Gasteiger partial charge in [-0.25, -0.2) is 15.0 Å². The van der Waals surface area contributed by atoms with E-state index in [-0.39, 0.29) is 24.0 Å². The number of methoxy groups -OCH3 is 1. The predicted molar refractivity (Wildman–Crippen MR) is 97.5 cm³/mol. The van der Waals surface area contributed by atoms with Crippen LogP contribution in [0, 0.1) is 12.8 Å². The molecule has 1 fully saturated rings. The Hall–Kier alpha value is -3.00. The van der Waals surface area contributed by atoms with Crippen molar-refractivity contribution in [2.45, 2.75) is 31.9 Å². The van der Waals surface area contributed by atoms with E-state index in [0.29, 0.717) is 35.9 Å². The fourth-order valence-corrected chi connectivity index (χ4v) is 3.55. The molecule has 8 nitrogen and oxygen atoms in total. The highest BCUT2D eigenvalue weighted by Crippen LogP contribution is 2.38. The van der Waals surface area contributed by atoms with Gasteiger partial charge in [0.1, 0.15) is 5.69 Å². The quantitative estimate of drug-likeness (QED) is 0.711. The SMILES string of the molecule is COc1ccc([C@@H](NC(=O)c2c(C)nc3ncccn23)C2CC(O)C2)cn1. The predicted octanol–water partition coefficient (Wildman–Crippen LogP) is 1.68. The van der Waals surface area contributed by atoms with Crippen LogP contribution in [0.1, 0.15) is 40.6 Å². The van der Waals surface area contributed by atoms with Crippen molar-refractivity contribution in [3.05, 3.63) is 53.7 Å². The molecule has 8 heteroatoms. The number of imidazole rings is 1. The number of hydrogen-bond donors (Lipinski definition) is 2. The first-order valence-corrected chi connectivity index (χ1v) is 8.85. The molecule has 1 aliphatic carbocycles. The Labute approximate surface area is 156 Å². The molecule has 0 aliphatic heterocycles. The number of rotatable bonds is 5. The van der Waals surface area contributed by atoms with Gasteiger partial charge in [-0.15, -0.1) is 0 Å². The molecule has 2 N–H and O–H groups in total. The molecule has 3 heterocycles. The Morgan fingerprint density at radius 3 is 2.85 bits per heavy atom. The van der Waals surface area contributed by atoms with Crippen LogP contribution in [0.5, 0.6) is 5.88 Å². The summed E-state index contributed by atoms with van der Waals surface area (Å²) in [5, 5.41) is 12.8. The third-order valence-corrected chi connectivity index (χ3v) is 5.03. The molecule has 0 bridgehead atoms. The number of amides is 1. The number of fused-ring (bicyclic) bond motifs is 1. The number of nitrogens with one attached hydrogen (secondary N) is 1. The topological polar surface area (TPSA) is 102 Å². The van der Waals surface area contributed by atoms with Crippen LogP contribution < -0.4 is 10.1 Å². The second kappa shape index (κ2) is 6.96. The van der Waals surface area contributed by atoms with Crippen molar-refractivity contribution in [1.29, 1.82) is 0 Å². The molecule has 0 radical (unpaired) electrons. The molecule has 0 unspecified atom stereocenters. The Kier molecular flexibility index (Phi) is 4.49. The zero-order valence-electron chi connectivity index (χ0n) is 15.2. The summed E-state index contributed by atoms with van der Waals surface area (Å²) in [6.07, 6.45) is 6.09. The highest BCUT2D eigenvalue weighted by Gasteiger charge is 2.36. The van der Waals surface area contributed by atoms with E-state index in [0.717, 1.165) is 5.56 Å². The number of aryl methyl sites for hydroxylation is 1. The summed E-state index contributed by atoms with van der Waals surface area (Å²) < 4.78 is 6.80. The number of ether oxygens (including phenoxy) is 1. The minimum absolute atomic E-state index is 0.150. The van der Waals surface area contributed by atoms with Crippen molar-refractivity contribution in [3.8, 4) is 5.88 Å². The lowest BCUT2D eigenvalue weighted by Gasteiger charge is -2.38. The van der Waals surface area contributed by atoms with Crippen LogP contribution in [0.4, 0.5) is 0 Å². The Morgan fingerprint density at radius 2 is 2.19 bits per heavy atom. The Balaban J connectivity index is 1.64.